The van der Waals surface area contributed by atoms with E-state index >= 15 is 0 Å². The number of hydrazine groups is 2. The molecule has 0 saturated carbocycles. The molecule has 0 fully saturated rings. The average Bonchev–Trinajstić information content (AvgIpc) is 2.02. The number of rotatable bonds is 6. The van der Waals surface area contributed by atoms with Gasteiger partial charge in [0.1, 0.15) is 0 Å². The molecule has 0 aromatic carbocycles. The Morgan fingerprint density at radius 2 is 2.23 bits per heavy atom. The summed E-state index contributed by atoms with van der Waals surface area (Å²) in [6, 6.07) is 0. The smallest absolute Gasteiger partial charge is 0.265 e. The molecular weight excluding hydrogens is 174 g/mol. The van der Waals surface area contributed by atoms with Gasteiger partial charge in [-0.3, -0.25) is 10.8 Å². The first kappa shape index (κ1) is 11.6. The van der Waals surface area contributed by atoms with E-state index < -0.39 is 5.03 Å². The quantitative estimate of drug-likeness (QED) is 0.155. The van der Waals surface area contributed by atoms with Crippen molar-refractivity contribution >= 4 is 5.96 Å². The third-order valence-electron chi connectivity index (χ3n) is 1.32. The predicted octanol–water partition coefficient (Wildman–Crippen LogP) is -0.0131. The Balaban J connectivity index is 3.22. The highest BCUT2D eigenvalue weighted by Crippen LogP contribution is 1.89. The van der Waals surface area contributed by atoms with E-state index in [9.17, 15) is 10.1 Å². The number of hydrogen-bond donors (Lipinski definition) is 4. The highest BCUT2D eigenvalue weighted by molar-refractivity contribution is 5.74. The minimum absolute atomic E-state index is 0.360. The first-order valence-corrected chi connectivity index (χ1v) is 4.15. The van der Waals surface area contributed by atoms with E-state index in [1.807, 2.05) is 0 Å². The van der Waals surface area contributed by atoms with Gasteiger partial charge in [0, 0.05) is 6.54 Å². The maximum Gasteiger partial charge on any atom is 0.265 e. The summed E-state index contributed by atoms with van der Waals surface area (Å²) in [4.78, 5) is 9.83. The van der Waals surface area contributed by atoms with E-state index in [0.29, 0.717) is 6.54 Å². The Labute approximate surface area is 76.5 Å². The Morgan fingerprint density at radius 1 is 1.54 bits per heavy atom. The first-order chi connectivity index (χ1) is 6.16. The standard InChI is InChI=1S/C6H15N5O2/c1-2-3-4-5-8-9-6(7)10-11(12)13/h8H,2-5H2,1H3,(H3,7,9,10). The van der Waals surface area contributed by atoms with E-state index in [0.717, 1.165) is 19.3 Å². The molecule has 0 unspecified atom stereocenters. The Bertz CT molecular complexity index is 172. The van der Waals surface area contributed by atoms with Crippen molar-refractivity contribution in [3.8, 4) is 0 Å². The fourth-order valence-corrected chi connectivity index (χ4v) is 0.734. The highest BCUT2D eigenvalue weighted by atomic mass is 16.7. The van der Waals surface area contributed by atoms with Crippen molar-refractivity contribution in [1.82, 2.24) is 16.3 Å². The van der Waals surface area contributed by atoms with Gasteiger partial charge in [-0.1, -0.05) is 25.2 Å². The maximum absolute atomic E-state index is 9.83. The van der Waals surface area contributed by atoms with Crippen molar-refractivity contribution in [2.45, 2.75) is 26.2 Å². The minimum atomic E-state index is -0.789. The Kier molecular flexibility index (Phi) is 6.52. The fraction of sp³-hybridized carbons (Fsp3) is 0.833. The lowest BCUT2D eigenvalue weighted by Gasteiger charge is -2.05. The zero-order chi connectivity index (χ0) is 10.1. The van der Waals surface area contributed by atoms with Crippen LogP contribution in [0.3, 0.4) is 0 Å². The van der Waals surface area contributed by atoms with Crippen molar-refractivity contribution in [2.75, 3.05) is 6.54 Å². The summed E-state index contributed by atoms with van der Waals surface area (Å²) in [6.07, 6.45) is 3.20. The van der Waals surface area contributed by atoms with Crippen LogP contribution >= 0.6 is 0 Å². The molecule has 0 spiro atoms. The van der Waals surface area contributed by atoms with Gasteiger partial charge in [0.05, 0.1) is 0 Å². The van der Waals surface area contributed by atoms with Crippen LogP contribution in [0.2, 0.25) is 0 Å². The lowest BCUT2D eigenvalue weighted by Crippen LogP contribution is -2.46. The number of nitro groups is 1. The van der Waals surface area contributed by atoms with Gasteiger partial charge in [-0.25, -0.2) is 15.5 Å². The fourth-order valence-electron chi connectivity index (χ4n) is 0.734. The second-order valence-electron chi connectivity index (χ2n) is 2.50. The third kappa shape index (κ3) is 8.54. The molecule has 0 heterocycles. The van der Waals surface area contributed by atoms with Gasteiger partial charge in [-0.2, -0.15) is 0 Å². The van der Waals surface area contributed by atoms with Crippen LogP contribution in [0.15, 0.2) is 0 Å². The molecule has 0 saturated heterocycles. The lowest BCUT2D eigenvalue weighted by molar-refractivity contribution is -0.526. The van der Waals surface area contributed by atoms with Crippen LogP contribution in [-0.2, 0) is 0 Å². The summed E-state index contributed by atoms with van der Waals surface area (Å²) in [5.41, 5.74) is 6.70. The molecule has 7 nitrogen and oxygen atoms in total. The van der Waals surface area contributed by atoms with Crippen molar-refractivity contribution in [2.24, 2.45) is 0 Å². The van der Waals surface area contributed by atoms with E-state index in [1.165, 1.54) is 0 Å². The van der Waals surface area contributed by atoms with Gasteiger partial charge in [0.25, 0.3) is 5.96 Å². The second kappa shape index (κ2) is 7.29. The van der Waals surface area contributed by atoms with E-state index in [4.69, 9.17) is 5.41 Å². The summed E-state index contributed by atoms with van der Waals surface area (Å²) in [7, 11) is 0. The summed E-state index contributed by atoms with van der Waals surface area (Å²) in [6.45, 7) is 2.78. The molecule has 0 rings (SSSR count). The molecule has 4 N–H and O–H groups in total. The first-order valence-electron chi connectivity index (χ1n) is 4.15. The molecular formula is C6H15N5O2. The molecule has 13 heavy (non-hydrogen) atoms. The maximum atomic E-state index is 9.83. The normalized spacial score (nSPS) is 9.31. The lowest BCUT2D eigenvalue weighted by atomic mass is 10.2. The van der Waals surface area contributed by atoms with Gasteiger partial charge in [-0.05, 0) is 6.42 Å². The topological polar surface area (TPSA) is 103 Å². The summed E-state index contributed by atoms with van der Waals surface area (Å²) >= 11 is 0. The SMILES string of the molecule is CCCCCNNC(=N)N[N+](=O)[O-]. The monoisotopic (exact) mass is 189 g/mol. The number of nitrogens with one attached hydrogen (secondary N) is 4. The number of hydrogen-bond acceptors (Lipinski definition) is 4. The summed E-state index contributed by atoms with van der Waals surface area (Å²) < 4.78 is 0. The zero-order valence-corrected chi connectivity index (χ0v) is 7.59. The number of unbranched alkanes of at least 4 members (excludes halogenated alkanes) is 2. The van der Waals surface area contributed by atoms with Gasteiger partial charge in [0.2, 0.25) is 0 Å². The molecule has 0 aliphatic rings. The Morgan fingerprint density at radius 3 is 2.77 bits per heavy atom. The summed E-state index contributed by atoms with van der Waals surface area (Å²) in [5.74, 6) is -0.360. The van der Waals surface area contributed by atoms with Crippen LogP contribution in [0.5, 0.6) is 0 Å². The Hall–Kier alpha value is -1.37. The van der Waals surface area contributed by atoms with Gasteiger partial charge in [0.15, 0.2) is 5.03 Å². The molecule has 0 amide bonds. The molecule has 0 aliphatic carbocycles. The van der Waals surface area contributed by atoms with E-state index in [1.54, 1.807) is 5.43 Å². The van der Waals surface area contributed by atoms with Crippen molar-refractivity contribution in [3.63, 3.8) is 0 Å². The number of nitrogens with zero attached hydrogens (tertiary/aromatic N) is 1. The average molecular weight is 189 g/mol. The van der Waals surface area contributed by atoms with E-state index in [2.05, 4.69) is 17.8 Å². The van der Waals surface area contributed by atoms with Crippen LogP contribution in [0, 0.1) is 15.5 Å². The van der Waals surface area contributed by atoms with Crippen LogP contribution in [0.25, 0.3) is 0 Å². The molecule has 0 aromatic heterocycles. The van der Waals surface area contributed by atoms with E-state index in [-0.39, 0.29) is 5.96 Å². The van der Waals surface area contributed by atoms with Gasteiger partial charge < -0.3 is 0 Å². The molecule has 0 aromatic rings. The molecule has 0 atom stereocenters. The van der Waals surface area contributed by atoms with Crippen LogP contribution in [-0.4, -0.2) is 17.5 Å². The van der Waals surface area contributed by atoms with Crippen LogP contribution < -0.4 is 16.3 Å². The third-order valence-corrected chi connectivity index (χ3v) is 1.32. The zero-order valence-electron chi connectivity index (χ0n) is 7.59. The van der Waals surface area contributed by atoms with Crippen molar-refractivity contribution < 1.29 is 5.03 Å². The van der Waals surface area contributed by atoms with Gasteiger partial charge in [-0.15, -0.1) is 0 Å². The van der Waals surface area contributed by atoms with Crippen LogP contribution in [0.1, 0.15) is 26.2 Å². The van der Waals surface area contributed by atoms with Crippen molar-refractivity contribution in [3.05, 3.63) is 10.1 Å². The largest absolute Gasteiger partial charge is 0.287 e. The predicted molar refractivity (Wildman–Crippen MR) is 48.5 cm³/mol. The molecule has 0 aliphatic heterocycles. The van der Waals surface area contributed by atoms with Crippen LogP contribution in [0.4, 0.5) is 0 Å². The molecule has 0 radical (unpaired) electrons. The highest BCUT2D eigenvalue weighted by Gasteiger charge is 1.99. The van der Waals surface area contributed by atoms with Crippen molar-refractivity contribution in [1.29, 1.82) is 5.41 Å². The molecule has 0 bridgehead atoms. The van der Waals surface area contributed by atoms with Gasteiger partial charge >= 0.3 is 0 Å². The number of guanidine groups is 1. The second-order valence-corrected chi connectivity index (χ2v) is 2.50. The summed E-state index contributed by atoms with van der Waals surface area (Å²) in [5, 5.41) is 16.0. The minimum Gasteiger partial charge on any atom is -0.287 e. The molecule has 7 heteroatoms. The molecule has 76 valence electrons.